The molecule has 1 aliphatic rings. The molecule has 2 aromatic heterocycles. The monoisotopic (exact) mass is 748 g/mol. The number of piperidine rings is 1. The van der Waals surface area contributed by atoms with Gasteiger partial charge in [0.05, 0.1) is 28.3 Å². The lowest BCUT2D eigenvalue weighted by Gasteiger charge is -2.34. The van der Waals surface area contributed by atoms with Crippen LogP contribution in [0.15, 0.2) is 85.2 Å². The Bertz CT molecular complexity index is 2240. The van der Waals surface area contributed by atoms with Crippen LogP contribution in [-0.4, -0.2) is 59.1 Å². The molecule has 1 fully saturated rings. The lowest BCUT2D eigenvalue weighted by Crippen LogP contribution is -2.47. The molecular formula is C38H39F3N6O5S. The third-order valence-corrected chi connectivity index (χ3v) is 9.67. The summed E-state index contributed by atoms with van der Waals surface area (Å²) in [6, 6.07) is 18.2. The summed E-state index contributed by atoms with van der Waals surface area (Å²) in [6.45, 7) is 8.36. The van der Waals surface area contributed by atoms with Gasteiger partial charge in [-0.15, -0.1) is 0 Å². The van der Waals surface area contributed by atoms with Crippen molar-refractivity contribution >= 4 is 38.5 Å². The van der Waals surface area contributed by atoms with Gasteiger partial charge >= 0.3 is 12.3 Å². The minimum atomic E-state index is -4.70. The zero-order valence-corrected chi connectivity index (χ0v) is 30.4. The SMILES string of the molecule is Cc1ccc2c(NS(=O)(=O)Cc3ccccc3C(F)(F)F)cccc2c1Oc1ncccc1-c1ccnc(N[C@H]2CCCN(C(=O)OC(C)(C)C)C2)n1. The highest BCUT2D eigenvalue weighted by Gasteiger charge is 2.34. The Kier molecular flexibility index (Phi) is 10.5. The number of fused-ring (bicyclic) bond motifs is 1. The topological polar surface area (TPSA) is 136 Å². The van der Waals surface area contributed by atoms with Crippen molar-refractivity contribution in [2.75, 3.05) is 23.1 Å². The average molecular weight is 749 g/mol. The van der Waals surface area contributed by atoms with Crippen LogP contribution < -0.4 is 14.8 Å². The van der Waals surface area contributed by atoms with Crippen molar-refractivity contribution in [3.63, 3.8) is 0 Å². The maximum atomic E-state index is 13.6. The first-order valence-corrected chi connectivity index (χ1v) is 18.6. The number of nitrogens with zero attached hydrogens (tertiary/aromatic N) is 4. The molecule has 0 unspecified atom stereocenters. The molecule has 3 heterocycles. The molecule has 278 valence electrons. The number of nitrogens with one attached hydrogen (secondary N) is 2. The summed E-state index contributed by atoms with van der Waals surface area (Å²) in [7, 11) is -4.27. The van der Waals surface area contributed by atoms with Gasteiger partial charge in [-0.05, 0) is 82.0 Å². The van der Waals surface area contributed by atoms with E-state index in [9.17, 15) is 26.4 Å². The maximum absolute atomic E-state index is 13.6. The number of hydrogen-bond acceptors (Lipinski definition) is 9. The molecule has 0 radical (unpaired) electrons. The minimum Gasteiger partial charge on any atom is -0.444 e. The largest absolute Gasteiger partial charge is 0.444 e. The van der Waals surface area contributed by atoms with Gasteiger partial charge in [0.25, 0.3) is 0 Å². The van der Waals surface area contributed by atoms with Gasteiger partial charge in [0.15, 0.2) is 0 Å². The summed E-state index contributed by atoms with van der Waals surface area (Å²) < 4.78 is 81.7. The van der Waals surface area contributed by atoms with Crippen molar-refractivity contribution in [1.29, 1.82) is 0 Å². The van der Waals surface area contributed by atoms with Crippen LogP contribution in [0, 0.1) is 6.92 Å². The number of sulfonamides is 1. The molecule has 11 nitrogen and oxygen atoms in total. The van der Waals surface area contributed by atoms with Crippen LogP contribution in [-0.2, 0) is 26.7 Å². The van der Waals surface area contributed by atoms with Crippen molar-refractivity contribution < 1.29 is 35.9 Å². The van der Waals surface area contributed by atoms with E-state index in [0.29, 0.717) is 46.8 Å². The Hall–Kier alpha value is -5.44. The number of ether oxygens (including phenoxy) is 2. The van der Waals surface area contributed by atoms with E-state index in [-0.39, 0.29) is 29.3 Å². The summed E-state index contributed by atoms with van der Waals surface area (Å²) in [5.41, 5.74) is 0.0247. The van der Waals surface area contributed by atoms with E-state index in [4.69, 9.17) is 14.5 Å². The summed E-state index contributed by atoms with van der Waals surface area (Å²) in [4.78, 5) is 28.0. The second-order valence-corrected chi connectivity index (χ2v) is 15.5. The molecule has 1 atom stereocenters. The van der Waals surface area contributed by atoms with Crippen molar-refractivity contribution in [3.05, 3.63) is 102 Å². The number of hydrogen-bond donors (Lipinski definition) is 2. The van der Waals surface area contributed by atoms with Gasteiger partial charge in [0.2, 0.25) is 21.9 Å². The molecular weight excluding hydrogens is 710 g/mol. The molecule has 53 heavy (non-hydrogen) atoms. The van der Waals surface area contributed by atoms with E-state index in [1.807, 2.05) is 27.7 Å². The van der Waals surface area contributed by atoms with Crippen molar-refractivity contribution in [2.24, 2.45) is 0 Å². The number of aryl methyl sites for hydroxylation is 1. The Morgan fingerprint density at radius 1 is 0.943 bits per heavy atom. The van der Waals surface area contributed by atoms with Crippen LogP contribution in [0.25, 0.3) is 22.0 Å². The predicted molar refractivity (Wildman–Crippen MR) is 196 cm³/mol. The van der Waals surface area contributed by atoms with Crippen molar-refractivity contribution in [1.82, 2.24) is 19.9 Å². The van der Waals surface area contributed by atoms with Gasteiger partial charge < -0.3 is 19.7 Å². The fraction of sp³-hybridized carbons (Fsp3) is 0.316. The van der Waals surface area contributed by atoms with E-state index in [2.05, 4.69) is 20.0 Å². The number of likely N-dealkylation sites (tertiary alicyclic amines) is 1. The first kappa shape index (κ1) is 37.3. The van der Waals surface area contributed by atoms with Crippen LogP contribution in [0.1, 0.15) is 50.3 Å². The van der Waals surface area contributed by atoms with Crippen LogP contribution in [0.5, 0.6) is 11.6 Å². The Balaban J connectivity index is 1.24. The highest BCUT2D eigenvalue weighted by Crippen LogP contribution is 2.39. The Labute approximate surface area is 305 Å². The average Bonchev–Trinajstić information content (AvgIpc) is 3.09. The molecule has 5 aromatic rings. The molecule has 3 aromatic carbocycles. The zero-order valence-electron chi connectivity index (χ0n) is 29.6. The molecule has 0 saturated carbocycles. The van der Waals surface area contributed by atoms with Crippen LogP contribution in [0.3, 0.4) is 0 Å². The van der Waals surface area contributed by atoms with Gasteiger partial charge in [-0.25, -0.2) is 28.2 Å². The van der Waals surface area contributed by atoms with Crippen LogP contribution in [0.2, 0.25) is 0 Å². The molecule has 0 spiro atoms. The Morgan fingerprint density at radius 3 is 2.51 bits per heavy atom. The van der Waals surface area contributed by atoms with E-state index in [0.717, 1.165) is 30.5 Å². The second-order valence-electron chi connectivity index (χ2n) is 13.8. The zero-order chi connectivity index (χ0) is 38.0. The molecule has 1 aliphatic heterocycles. The van der Waals surface area contributed by atoms with Crippen LogP contribution >= 0.6 is 0 Å². The van der Waals surface area contributed by atoms with Crippen molar-refractivity contribution in [2.45, 2.75) is 64.1 Å². The van der Waals surface area contributed by atoms with E-state index in [1.165, 1.54) is 18.2 Å². The fourth-order valence-electron chi connectivity index (χ4n) is 6.11. The van der Waals surface area contributed by atoms with Gasteiger partial charge in [-0.3, -0.25) is 4.72 Å². The molecule has 15 heteroatoms. The van der Waals surface area contributed by atoms with Gasteiger partial charge in [0.1, 0.15) is 11.4 Å². The van der Waals surface area contributed by atoms with Gasteiger partial charge in [-0.1, -0.05) is 42.5 Å². The Morgan fingerprint density at radius 2 is 1.74 bits per heavy atom. The molecule has 1 amide bonds. The number of benzene rings is 3. The normalized spacial score (nSPS) is 15.2. The molecule has 6 rings (SSSR count). The first-order valence-electron chi connectivity index (χ1n) is 16.9. The third kappa shape index (κ3) is 9.14. The number of amides is 1. The summed E-state index contributed by atoms with van der Waals surface area (Å²) >= 11 is 0. The minimum absolute atomic E-state index is 0.0968. The van der Waals surface area contributed by atoms with E-state index >= 15 is 0 Å². The number of alkyl halides is 3. The standard InChI is InChI=1S/C38H39F3N6O5S/c1-24-16-17-27-28(12-7-15-32(27)46-53(49,50)23-25-10-5-6-14-30(25)38(39,40)41)33(24)51-34-29(13-8-19-42-34)31-18-20-43-35(45-31)44-26-11-9-21-47(22-26)36(48)52-37(2,3)4/h5-8,10,12-20,26,46H,9,11,21-23H2,1-4H3,(H,43,44,45)/t26-/m0/s1. The summed E-state index contributed by atoms with van der Waals surface area (Å²) in [5, 5.41) is 4.37. The number of halogens is 3. The third-order valence-electron chi connectivity index (χ3n) is 8.45. The number of pyridine rings is 1. The number of carbonyl (C=O) groups is 1. The smallest absolute Gasteiger partial charge is 0.416 e. The first-order chi connectivity index (χ1) is 25.1. The molecule has 2 N–H and O–H groups in total. The summed E-state index contributed by atoms with van der Waals surface area (Å²) in [6.07, 6.45) is -0.278. The molecule has 1 saturated heterocycles. The van der Waals surface area contributed by atoms with Crippen LogP contribution in [0.4, 0.5) is 29.6 Å². The molecule has 0 aliphatic carbocycles. The lowest BCUT2D eigenvalue weighted by molar-refractivity contribution is -0.138. The second kappa shape index (κ2) is 14.9. The predicted octanol–water partition coefficient (Wildman–Crippen LogP) is 8.56. The maximum Gasteiger partial charge on any atom is 0.416 e. The fourth-order valence-corrected chi connectivity index (χ4v) is 7.35. The number of rotatable bonds is 9. The molecule has 0 bridgehead atoms. The highest BCUT2D eigenvalue weighted by atomic mass is 32.2. The van der Waals surface area contributed by atoms with E-state index in [1.54, 1.807) is 59.8 Å². The van der Waals surface area contributed by atoms with Gasteiger partial charge in [-0.2, -0.15) is 13.2 Å². The van der Waals surface area contributed by atoms with Gasteiger partial charge in [0, 0.05) is 42.3 Å². The number of carbonyl (C=O) groups excluding carboxylic acids is 1. The number of aromatic nitrogens is 3. The number of anilines is 2. The quantitative estimate of drug-likeness (QED) is 0.152. The van der Waals surface area contributed by atoms with Crippen molar-refractivity contribution in [3.8, 4) is 22.9 Å². The van der Waals surface area contributed by atoms with E-state index < -0.39 is 33.1 Å². The lowest BCUT2D eigenvalue weighted by atomic mass is 10.0. The summed E-state index contributed by atoms with van der Waals surface area (Å²) in [5.74, 6) is 0.132. The highest BCUT2D eigenvalue weighted by molar-refractivity contribution is 7.91.